The Morgan fingerprint density at radius 3 is 1.66 bits per heavy atom. The molecule has 0 saturated carbocycles. The maximum atomic E-state index is 10.5. The Labute approximate surface area is 181 Å². The maximum absolute atomic E-state index is 10.5. The monoisotopic (exact) mass is 474 g/mol. The Hall–Kier alpha value is -0.600. The molecule has 3 rings (SSSR count). The lowest BCUT2D eigenvalue weighted by molar-refractivity contribution is -0.360. The summed E-state index contributed by atoms with van der Waals surface area (Å²) in [5.41, 5.74) is 0. The summed E-state index contributed by atoms with van der Waals surface area (Å²) in [4.78, 5) is 0. The Kier molecular flexibility index (Phi) is 8.75. The first-order valence-corrected chi connectivity index (χ1v) is 10.00. The summed E-state index contributed by atoms with van der Waals surface area (Å²) < 4.78 is 26.2. The van der Waals surface area contributed by atoms with E-state index in [1.54, 1.807) is 0 Å². The molecule has 0 aromatic carbocycles. The lowest BCUT2D eigenvalue weighted by Crippen LogP contribution is -2.64. The molecule has 3 heterocycles. The van der Waals surface area contributed by atoms with Gasteiger partial charge < -0.3 is 74.7 Å². The molecule has 3 aliphatic heterocycles. The molecule has 188 valence electrons. The van der Waals surface area contributed by atoms with Crippen LogP contribution >= 0.6 is 0 Å². The Bertz CT molecular complexity index is 592. The number of aliphatic hydroxyl groups excluding tert-OH is 10. The van der Waals surface area contributed by atoms with E-state index in [4.69, 9.17) is 23.7 Å². The van der Waals surface area contributed by atoms with Crippen molar-refractivity contribution in [3.05, 3.63) is 0 Å². The Morgan fingerprint density at radius 2 is 1.09 bits per heavy atom. The highest BCUT2D eigenvalue weighted by molar-refractivity contribution is 4.94. The minimum atomic E-state index is -1.79. The molecular formula is C17H30O15. The molecule has 0 radical (unpaired) electrons. The molecule has 0 aromatic rings. The van der Waals surface area contributed by atoms with Crippen molar-refractivity contribution in [2.45, 2.75) is 86.0 Å². The summed E-state index contributed by atoms with van der Waals surface area (Å²) in [5.74, 6) is 0. The fourth-order valence-electron chi connectivity index (χ4n) is 3.75. The van der Waals surface area contributed by atoms with Gasteiger partial charge in [-0.2, -0.15) is 0 Å². The molecule has 0 aliphatic carbocycles. The molecular weight excluding hydrogens is 444 g/mol. The van der Waals surface area contributed by atoms with E-state index in [-0.39, 0.29) is 0 Å². The van der Waals surface area contributed by atoms with Gasteiger partial charge in [0, 0.05) is 0 Å². The third-order valence-corrected chi connectivity index (χ3v) is 5.72. The van der Waals surface area contributed by atoms with Crippen LogP contribution in [0.15, 0.2) is 0 Å². The highest BCUT2D eigenvalue weighted by atomic mass is 16.7. The van der Waals surface area contributed by atoms with Gasteiger partial charge in [-0.1, -0.05) is 0 Å². The van der Waals surface area contributed by atoms with Gasteiger partial charge >= 0.3 is 0 Å². The molecule has 15 heteroatoms. The molecule has 32 heavy (non-hydrogen) atoms. The maximum Gasteiger partial charge on any atom is 0.187 e. The van der Waals surface area contributed by atoms with E-state index in [0.29, 0.717) is 0 Å². The van der Waals surface area contributed by atoms with Crippen LogP contribution in [0.5, 0.6) is 0 Å². The summed E-state index contributed by atoms with van der Waals surface area (Å²) in [6.45, 7) is -1.92. The smallest absolute Gasteiger partial charge is 0.187 e. The van der Waals surface area contributed by atoms with Crippen molar-refractivity contribution < 1.29 is 74.7 Å². The summed E-state index contributed by atoms with van der Waals surface area (Å²) in [7, 11) is 0. The minimum absolute atomic E-state index is 0.458. The van der Waals surface area contributed by atoms with Crippen LogP contribution in [0.4, 0.5) is 0 Å². The Morgan fingerprint density at radius 1 is 0.531 bits per heavy atom. The van der Waals surface area contributed by atoms with Crippen LogP contribution in [0, 0.1) is 0 Å². The molecule has 0 amide bonds. The van der Waals surface area contributed by atoms with E-state index >= 15 is 0 Å². The zero-order valence-corrected chi connectivity index (χ0v) is 16.7. The first kappa shape index (κ1) is 26.0. The summed E-state index contributed by atoms with van der Waals surface area (Å²) in [6.07, 6.45) is -21.8. The van der Waals surface area contributed by atoms with Crippen molar-refractivity contribution in [2.75, 3.05) is 19.8 Å². The van der Waals surface area contributed by atoms with E-state index in [1.165, 1.54) is 0 Å². The lowest BCUT2D eigenvalue weighted by Gasteiger charge is -2.46. The zero-order valence-electron chi connectivity index (χ0n) is 16.7. The average Bonchev–Trinajstić information content (AvgIpc) is 3.02. The minimum Gasteiger partial charge on any atom is -0.394 e. The van der Waals surface area contributed by atoms with E-state index in [2.05, 4.69) is 0 Å². The number of hydrogen-bond acceptors (Lipinski definition) is 15. The van der Waals surface area contributed by atoms with Gasteiger partial charge in [-0.15, -0.1) is 0 Å². The fraction of sp³-hybridized carbons (Fsp3) is 1.00. The molecule has 3 aliphatic rings. The van der Waals surface area contributed by atoms with Crippen LogP contribution in [-0.2, 0) is 23.7 Å². The van der Waals surface area contributed by atoms with E-state index in [9.17, 15) is 51.1 Å². The fourth-order valence-corrected chi connectivity index (χ4v) is 3.75. The highest BCUT2D eigenvalue weighted by Gasteiger charge is 2.51. The van der Waals surface area contributed by atoms with Gasteiger partial charge in [0.05, 0.1) is 19.8 Å². The second-order valence-electron chi connectivity index (χ2n) is 7.88. The molecule has 10 N–H and O–H groups in total. The van der Waals surface area contributed by atoms with Gasteiger partial charge in [-0.05, 0) is 0 Å². The average molecular weight is 474 g/mol. The van der Waals surface area contributed by atoms with Crippen LogP contribution in [-0.4, -0.2) is 157 Å². The second-order valence-corrected chi connectivity index (χ2v) is 7.88. The van der Waals surface area contributed by atoms with E-state index < -0.39 is 106 Å². The third-order valence-electron chi connectivity index (χ3n) is 5.72. The first-order chi connectivity index (χ1) is 15.1. The molecule has 0 spiro atoms. The quantitative estimate of drug-likeness (QED) is 0.165. The van der Waals surface area contributed by atoms with Crippen LogP contribution in [0.3, 0.4) is 0 Å². The van der Waals surface area contributed by atoms with Crippen molar-refractivity contribution in [1.29, 1.82) is 0 Å². The van der Waals surface area contributed by atoms with Gasteiger partial charge in [-0.3, -0.25) is 0 Å². The molecule has 3 saturated heterocycles. The zero-order chi connectivity index (χ0) is 23.7. The predicted octanol–water partition coefficient (Wildman–Crippen LogP) is -6.93. The summed E-state index contributed by atoms with van der Waals surface area (Å²) in [6, 6.07) is 0. The normalized spacial score (nSPS) is 52.3. The summed E-state index contributed by atoms with van der Waals surface area (Å²) in [5, 5.41) is 98.2. The van der Waals surface area contributed by atoms with Crippen LogP contribution in [0.2, 0.25) is 0 Å². The number of rotatable bonds is 7. The standard InChI is InChI=1S/C17H30O15/c18-1-4-7(20)9(22)12(25)17(30-4)32-14-5(2-19)31-16(13(26)10(14)23)28-3-6-8(21)11(24)15(27)29-6/h4-27H,1-3H2/t4-,5-,6-,7-,8-,9+,10-,11-,12-,13-,14-,15+,16-,17-/m1/s1. The van der Waals surface area contributed by atoms with E-state index in [1.807, 2.05) is 0 Å². The highest BCUT2D eigenvalue weighted by Crippen LogP contribution is 2.30. The van der Waals surface area contributed by atoms with Gasteiger partial charge in [0.1, 0.15) is 67.1 Å². The Balaban J connectivity index is 1.62. The number of hydrogen-bond donors (Lipinski definition) is 10. The van der Waals surface area contributed by atoms with Crippen LogP contribution < -0.4 is 0 Å². The van der Waals surface area contributed by atoms with Crippen LogP contribution in [0.25, 0.3) is 0 Å². The van der Waals surface area contributed by atoms with Gasteiger partial charge in [-0.25, -0.2) is 0 Å². The van der Waals surface area contributed by atoms with Crippen molar-refractivity contribution in [2.24, 2.45) is 0 Å². The molecule has 3 fully saturated rings. The first-order valence-electron chi connectivity index (χ1n) is 10.00. The third kappa shape index (κ3) is 5.07. The number of ether oxygens (including phenoxy) is 5. The van der Waals surface area contributed by atoms with Gasteiger partial charge in [0.15, 0.2) is 18.9 Å². The van der Waals surface area contributed by atoms with Crippen molar-refractivity contribution in [3.63, 3.8) is 0 Å². The van der Waals surface area contributed by atoms with Gasteiger partial charge in [0.2, 0.25) is 0 Å². The van der Waals surface area contributed by atoms with Crippen molar-refractivity contribution >= 4 is 0 Å². The SMILES string of the molecule is OC[C@H]1O[C@H](O[C@H]2[C@H](O)[C@@H](O)[C@H](OC[C@H]3O[C@H](O)[C@H](O)[C@@H]3O)O[C@@H]2CO)[C@H](O)[C@@H](O)[C@@H]1O. The molecule has 0 unspecified atom stereocenters. The van der Waals surface area contributed by atoms with Gasteiger partial charge in [0.25, 0.3) is 0 Å². The molecule has 14 atom stereocenters. The predicted molar refractivity (Wildman–Crippen MR) is 95.2 cm³/mol. The topological polar surface area (TPSA) is 248 Å². The van der Waals surface area contributed by atoms with Crippen molar-refractivity contribution in [1.82, 2.24) is 0 Å². The number of aliphatic hydroxyl groups is 10. The molecule has 0 bridgehead atoms. The second kappa shape index (κ2) is 10.8. The molecule has 0 aromatic heterocycles. The largest absolute Gasteiger partial charge is 0.394 e. The van der Waals surface area contributed by atoms with E-state index in [0.717, 1.165) is 0 Å². The lowest BCUT2D eigenvalue weighted by atomic mass is 9.97. The van der Waals surface area contributed by atoms with Crippen molar-refractivity contribution in [3.8, 4) is 0 Å². The summed E-state index contributed by atoms with van der Waals surface area (Å²) >= 11 is 0. The molecule has 15 nitrogen and oxygen atoms in total. The van der Waals surface area contributed by atoms with Crippen LogP contribution in [0.1, 0.15) is 0 Å².